The Morgan fingerprint density at radius 3 is 2.83 bits per heavy atom. The lowest BCUT2D eigenvalue weighted by molar-refractivity contribution is 0.0136. The van der Waals surface area contributed by atoms with Gasteiger partial charge in [0.15, 0.2) is 0 Å². The summed E-state index contributed by atoms with van der Waals surface area (Å²) in [6.45, 7) is 1.26. The molecule has 2 aliphatic rings. The molecule has 0 radical (unpaired) electrons. The molecule has 3 N–H and O–H groups in total. The Morgan fingerprint density at radius 1 is 1.45 bits per heavy atom. The lowest BCUT2D eigenvalue weighted by atomic mass is 10.0. The summed E-state index contributed by atoms with van der Waals surface area (Å²) in [5.74, 6) is -4.81. The van der Waals surface area contributed by atoms with Gasteiger partial charge in [0.25, 0.3) is 17.4 Å². The number of nitrogens with one attached hydrogen (secondary N) is 1. The number of nitrogens with two attached hydrogens (primary N) is 1. The highest BCUT2D eigenvalue weighted by atomic mass is 19.3. The molecular weight excluding hydrogens is 387 g/mol. The molecule has 2 atom stereocenters. The predicted molar refractivity (Wildman–Crippen MR) is 99.2 cm³/mol. The Bertz CT molecular complexity index is 1050. The van der Waals surface area contributed by atoms with Gasteiger partial charge in [-0.3, -0.25) is 9.59 Å². The minimum absolute atomic E-state index is 0.00872. The van der Waals surface area contributed by atoms with Crippen LogP contribution in [0.3, 0.4) is 0 Å². The van der Waals surface area contributed by atoms with Crippen molar-refractivity contribution >= 4 is 11.6 Å². The summed E-state index contributed by atoms with van der Waals surface area (Å²) in [6, 6.07) is 4.80. The monoisotopic (exact) mass is 407 g/mol. The Hall–Kier alpha value is -2.81. The molecule has 4 rings (SSSR count). The third-order valence-electron chi connectivity index (χ3n) is 5.67. The van der Waals surface area contributed by atoms with E-state index in [4.69, 9.17) is 10.5 Å². The molecule has 1 saturated heterocycles. The molecule has 1 aliphatic heterocycles. The van der Waals surface area contributed by atoms with E-state index in [1.807, 2.05) is 0 Å². The van der Waals surface area contributed by atoms with Gasteiger partial charge in [-0.15, -0.1) is 0 Å². The number of ether oxygens (including phenoxy) is 1. The van der Waals surface area contributed by atoms with E-state index in [9.17, 15) is 22.8 Å². The predicted octanol–water partition coefficient (Wildman–Crippen LogP) is 2.36. The van der Waals surface area contributed by atoms with Crippen LogP contribution in [0.5, 0.6) is 0 Å². The minimum Gasteiger partial charge on any atom is -0.398 e. The Labute approximate surface area is 164 Å². The largest absolute Gasteiger partial charge is 0.398 e. The number of hydrogen-bond donors (Lipinski definition) is 2. The average molecular weight is 407 g/mol. The van der Waals surface area contributed by atoms with Gasteiger partial charge in [-0.1, -0.05) is 18.2 Å². The molecule has 2 fully saturated rings. The number of nitrogens with zero attached hydrogens (tertiary/aromatic N) is 1. The molecule has 9 heteroatoms. The van der Waals surface area contributed by atoms with E-state index in [2.05, 4.69) is 5.32 Å². The highest BCUT2D eigenvalue weighted by Gasteiger charge is 2.60. The molecule has 0 bridgehead atoms. The zero-order valence-electron chi connectivity index (χ0n) is 15.7. The highest BCUT2D eigenvalue weighted by molar-refractivity contribution is 5.98. The van der Waals surface area contributed by atoms with Crippen LogP contribution in [0.4, 0.5) is 18.9 Å². The van der Waals surface area contributed by atoms with Crippen molar-refractivity contribution in [3.8, 4) is 0 Å². The first-order valence-corrected chi connectivity index (χ1v) is 9.18. The number of rotatable bonds is 5. The van der Waals surface area contributed by atoms with Gasteiger partial charge in [-0.2, -0.15) is 0 Å². The smallest absolute Gasteiger partial charge is 0.273 e. The fourth-order valence-corrected chi connectivity index (χ4v) is 3.91. The molecule has 0 spiro atoms. The van der Waals surface area contributed by atoms with Gasteiger partial charge in [0.05, 0.1) is 35.6 Å². The first-order chi connectivity index (χ1) is 13.6. The maximum absolute atomic E-state index is 14.4. The fourth-order valence-electron chi connectivity index (χ4n) is 3.91. The number of carbonyl (C=O) groups is 1. The van der Waals surface area contributed by atoms with E-state index in [1.165, 1.54) is 29.0 Å². The van der Waals surface area contributed by atoms with Crippen LogP contribution in [0.2, 0.25) is 0 Å². The number of pyridine rings is 1. The SMILES string of the molecule is CC(F)(F)c1cccc(CNC(=O)c2cn(C34COCC3C4)c(=O)cc2N)c1F. The molecule has 2 aromatic rings. The highest BCUT2D eigenvalue weighted by Crippen LogP contribution is 2.54. The van der Waals surface area contributed by atoms with Gasteiger partial charge < -0.3 is 20.4 Å². The summed E-state index contributed by atoms with van der Waals surface area (Å²) in [4.78, 5) is 25.0. The van der Waals surface area contributed by atoms with Crippen LogP contribution < -0.4 is 16.6 Å². The topological polar surface area (TPSA) is 86.4 Å². The number of fused-ring (bicyclic) bond motifs is 1. The summed E-state index contributed by atoms with van der Waals surface area (Å²) < 4.78 is 48.2. The van der Waals surface area contributed by atoms with E-state index in [1.54, 1.807) is 0 Å². The van der Waals surface area contributed by atoms with Crippen molar-refractivity contribution < 1.29 is 22.7 Å². The molecular formula is C20H20F3N3O3. The summed E-state index contributed by atoms with van der Waals surface area (Å²) in [7, 11) is 0. The van der Waals surface area contributed by atoms with E-state index < -0.39 is 28.7 Å². The number of benzene rings is 1. The van der Waals surface area contributed by atoms with Crippen LogP contribution in [-0.4, -0.2) is 23.7 Å². The number of halogens is 3. The average Bonchev–Trinajstić information content (AvgIpc) is 3.19. The van der Waals surface area contributed by atoms with Crippen molar-refractivity contribution in [2.45, 2.75) is 31.4 Å². The van der Waals surface area contributed by atoms with E-state index in [-0.39, 0.29) is 34.8 Å². The van der Waals surface area contributed by atoms with Crippen LogP contribution >= 0.6 is 0 Å². The van der Waals surface area contributed by atoms with Crippen LogP contribution in [0.15, 0.2) is 35.3 Å². The van der Waals surface area contributed by atoms with Crippen molar-refractivity contribution in [2.24, 2.45) is 5.92 Å². The zero-order valence-corrected chi connectivity index (χ0v) is 15.7. The first kappa shape index (κ1) is 19.5. The molecule has 1 aromatic carbocycles. The normalized spacial score (nSPS) is 23.0. The first-order valence-electron chi connectivity index (χ1n) is 9.18. The van der Waals surface area contributed by atoms with Crippen LogP contribution in [0.1, 0.15) is 34.8 Å². The molecule has 154 valence electrons. The summed E-state index contributed by atoms with van der Waals surface area (Å²) in [5.41, 5.74) is 4.33. The number of hydrogen-bond acceptors (Lipinski definition) is 4. The summed E-state index contributed by atoms with van der Waals surface area (Å²) in [5, 5.41) is 2.49. The minimum atomic E-state index is -3.34. The van der Waals surface area contributed by atoms with Crippen molar-refractivity contribution in [1.29, 1.82) is 0 Å². The quantitative estimate of drug-likeness (QED) is 0.797. The number of alkyl halides is 2. The number of nitrogen functional groups attached to an aromatic ring is 1. The van der Waals surface area contributed by atoms with Gasteiger partial charge in [0.2, 0.25) is 0 Å². The molecule has 2 unspecified atom stereocenters. The maximum Gasteiger partial charge on any atom is 0.273 e. The molecule has 29 heavy (non-hydrogen) atoms. The standard InChI is InChI=1S/C20H20F3N3O3/c1-19(22,23)14-4-2-3-11(17(14)21)7-25-18(28)13-8-26(16(27)5-15(13)24)20-6-12(20)9-29-10-20/h2-5,8,12H,6-7,9-10,24H2,1H3,(H,25,28). The van der Waals surface area contributed by atoms with Gasteiger partial charge >= 0.3 is 0 Å². The van der Waals surface area contributed by atoms with Crippen LogP contribution in [0.25, 0.3) is 0 Å². The van der Waals surface area contributed by atoms with Gasteiger partial charge in [0.1, 0.15) is 5.82 Å². The van der Waals surface area contributed by atoms with Gasteiger partial charge in [-0.05, 0) is 6.42 Å². The molecule has 2 heterocycles. The van der Waals surface area contributed by atoms with E-state index >= 15 is 0 Å². The Kier molecular flexibility index (Phi) is 4.45. The lowest BCUT2D eigenvalue weighted by Crippen LogP contribution is -2.35. The van der Waals surface area contributed by atoms with Crippen LogP contribution in [-0.2, 0) is 22.7 Å². The second-order valence-corrected chi connectivity index (χ2v) is 7.72. The lowest BCUT2D eigenvalue weighted by Gasteiger charge is -2.18. The Morgan fingerprint density at radius 2 is 2.21 bits per heavy atom. The Balaban J connectivity index is 1.57. The van der Waals surface area contributed by atoms with Crippen molar-refractivity contribution in [2.75, 3.05) is 18.9 Å². The van der Waals surface area contributed by atoms with Crippen molar-refractivity contribution in [3.63, 3.8) is 0 Å². The number of aromatic nitrogens is 1. The van der Waals surface area contributed by atoms with E-state index in [0.29, 0.717) is 20.1 Å². The van der Waals surface area contributed by atoms with Gasteiger partial charge in [-0.25, -0.2) is 13.2 Å². The molecule has 1 amide bonds. The summed E-state index contributed by atoms with van der Waals surface area (Å²) in [6.07, 6.45) is 2.19. The maximum atomic E-state index is 14.4. The second-order valence-electron chi connectivity index (χ2n) is 7.72. The molecule has 1 saturated carbocycles. The fraction of sp³-hybridized carbons (Fsp3) is 0.400. The van der Waals surface area contributed by atoms with Crippen molar-refractivity contribution in [3.05, 3.63) is 63.3 Å². The summed E-state index contributed by atoms with van der Waals surface area (Å²) >= 11 is 0. The number of amides is 1. The molecule has 6 nitrogen and oxygen atoms in total. The second kappa shape index (κ2) is 6.62. The van der Waals surface area contributed by atoms with Gasteiger partial charge in [0, 0.05) is 37.2 Å². The zero-order chi connectivity index (χ0) is 21.0. The van der Waals surface area contributed by atoms with E-state index in [0.717, 1.165) is 12.5 Å². The molecule has 1 aromatic heterocycles. The third kappa shape index (κ3) is 3.29. The number of carbonyl (C=O) groups excluding carboxylic acids is 1. The van der Waals surface area contributed by atoms with Crippen LogP contribution in [0, 0.1) is 11.7 Å². The van der Waals surface area contributed by atoms with Crippen molar-refractivity contribution in [1.82, 2.24) is 9.88 Å². The molecule has 1 aliphatic carbocycles. The number of anilines is 1. The third-order valence-corrected chi connectivity index (χ3v) is 5.67.